The van der Waals surface area contributed by atoms with Crippen LogP contribution in [0.25, 0.3) is 11.3 Å². The zero-order chi connectivity index (χ0) is 13.1. The molecule has 4 nitrogen and oxygen atoms in total. The van der Waals surface area contributed by atoms with Gasteiger partial charge in [-0.2, -0.15) is 5.10 Å². The average molecular weight is 252 g/mol. The Balaban J connectivity index is 1.73. The largest absolute Gasteiger partial charge is 0.381 e. The normalized spacial score (nSPS) is 10.6. The number of benzene rings is 1. The first-order valence-electron chi connectivity index (χ1n) is 6.26. The van der Waals surface area contributed by atoms with Crippen LogP contribution in [0.3, 0.4) is 0 Å². The predicted molar refractivity (Wildman–Crippen MR) is 76.8 cm³/mol. The molecule has 0 aliphatic carbocycles. The van der Waals surface area contributed by atoms with Crippen LogP contribution in [0.15, 0.2) is 55.0 Å². The molecule has 96 valence electrons. The topological polar surface area (TPSA) is 45.6 Å². The van der Waals surface area contributed by atoms with Crippen LogP contribution in [0.4, 0.5) is 5.69 Å². The molecule has 2 heterocycles. The molecule has 1 aromatic carbocycles. The van der Waals surface area contributed by atoms with Crippen molar-refractivity contribution in [1.29, 1.82) is 0 Å². The molecule has 3 aromatic rings. The van der Waals surface area contributed by atoms with Gasteiger partial charge in [-0.05, 0) is 29.8 Å². The Kier molecular flexibility index (Phi) is 3.06. The second-order valence-electron chi connectivity index (χ2n) is 4.59. The molecular weight excluding hydrogens is 236 g/mol. The molecule has 2 aromatic heterocycles. The maximum atomic E-state index is 3.98. The summed E-state index contributed by atoms with van der Waals surface area (Å²) in [5.41, 5.74) is 4.55. The van der Waals surface area contributed by atoms with Gasteiger partial charge < -0.3 is 9.88 Å². The fourth-order valence-corrected chi connectivity index (χ4v) is 2.08. The van der Waals surface area contributed by atoms with Gasteiger partial charge in [0, 0.05) is 43.4 Å². The lowest BCUT2D eigenvalue weighted by Gasteiger charge is -2.06. The summed E-state index contributed by atoms with van der Waals surface area (Å²) in [6, 6.07) is 12.4. The standard InChI is InChI=1S/C15H16N4/c1-19-8-6-12(11-19)10-16-14-4-2-3-13(9-14)15-5-7-17-18-15/h2-9,11,16H,10H2,1H3,(H,17,18). The van der Waals surface area contributed by atoms with Crippen molar-refractivity contribution in [2.75, 3.05) is 5.32 Å². The molecule has 0 bridgehead atoms. The van der Waals surface area contributed by atoms with Crippen LogP contribution in [-0.2, 0) is 13.6 Å². The first-order chi connectivity index (χ1) is 9.31. The number of aromatic nitrogens is 3. The summed E-state index contributed by atoms with van der Waals surface area (Å²) in [5.74, 6) is 0. The van der Waals surface area contributed by atoms with Gasteiger partial charge in [-0.3, -0.25) is 5.10 Å². The van der Waals surface area contributed by atoms with E-state index in [1.54, 1.807) is 6.20 Å². The van der Waals surface area contributed by atoms with Crippen LogP contribution in [0, 0.1) is 0 Å². The number of hydrogen-bond acceptors (Lipinski definition) is 2. The number of aryl methyl sites for hydroxylation is 1. The zero-order valence-corrected chi connectivity index (χ0v) is 10.8. The van der Waals surface area contributed by atoms with E-state index in [9.17, 15) is 0 Å². The SMILES string of the molecule is Cn1ccc(CNc2cccc(-c3ccn[nH]3)c2)c1. The van der Waals surface area contributed by atoms with Crippen molar-refractivity contribution in [3.05, 3.63) is 60.6 Å². The summed E-state index contributed by atoms with van der Waals surface area (Å²) in [6.07, 6.45) is 5.93. The van der Waals surface area contributed by atoms with Gasteiger partial charge in [0.15, 0.2) is 0 Å². The van der Waals surface area contributed by atoms with Crippen LogP contribution < -0.4 is 5.32 Å². The van der Waals surface area contributed by atoms with Gasteiger partial charge in [-0.1, -0.05) is 12.1 Å². The molecule has 0 radical (unpaired) electrons. The minimum absolute atomic E-state index is 0.827. The van der Waals surface area contributed by atoms with Gasteiger partial charge in [0.1, 0.15) is 0 Å². The van der Waals surface area contributed by atoms with Crippen molar-refractivity contribution in [3.63, 3.8) is 0 Å². The maximum Gasteiger partial charge on any atom is 0.0650 e. The quantitative estimate of drug-likeness (QED) is 0.749. The van der Waals surface area contributed by atoms with Crippen molar-refractivity contribution < 1.29 is 0 Å². The van der Waals surface area contributed by atoms with E-state index in [1.807, 2.05) is 19.2 Å². The Morgan fingerprint density at radius 2 is 2.21 bits per heavy atom. The molecule has 19 heavy (non-hydrogen) atoms. The Labute approximate surface area is 112 Å². The summed E-state index contributed by atoms with van der Waals surface area (Å²) < 4.78 is 2.05. The third kappa shape index (κ3) is 2.68. The lowest BCUT2D eigenvalue weighted by molar-refractivity contribution is 0.920. The van der Waals surface area contributed by atoms with Crippen molar-refractivity contribution in [1.82, 2.24) is 14.8 Å². The minimum atomic E-state index is 0.827. The molecule has 3 rings (SSSR count). The van der Waals surface area contributed by atoms with E-state index >= 15 is 0 Å². The number of H-pyrrole nitrogens is 1. The van der Waals surface area contributed by atoms with Crippen LogP contribution in [0.2, 0.25) is 0 Å². The minimum Gasteiger partial charge on any atom is -0.381 e. The third-order valence-electron chi connectivity index (χ3n) is 3.06. The second kappa shape index (κ2) is 5.02. The molecule has 2 N–H and O–H groups in total. The van der Waals surface area contributed by atoms with Crippen molar-refractivity contribution in [2.24, 2.45) is 7.05 Å². The Bertz CT molecular complexity index is 652. The highest BCUT2D eigenvalue weighted by atomic mass is 15.1. The van der Waals surface area contributed by atoms with E-state index in [0.29, 0.717) is 0 Å². The van der Waals surface area contributed by atoms with E-state index in [4.69, 9.17) is 0 Å². The number of rotatable bonds is 4. The van der Waals surface area contributed by atoms with Crippen LogP contribution >= 0.6 is 0 Å². The van der Waals surface area contributed by atoms with Gasteiger partial charge in [-0.15, -0.1) is 0 Å². The smallest absolute Gasteiger partial charge is 0.0650 e. The van der Waals surface area contributed by atoms with Gasteiger partial charge in [-0.25, -0.2) is 0 Å². The number of nitrogens with zero attached hydrogens (tertiary/aromatic N) is 2. The van der Waals surface area contributed by atoms with E-state index in [1.165, 1.54) is 5.56 Å². The van der Waals surface area contributed by atoms with Crippen LogP contribution in [0.1, 0.15) is 5.56 Å². The first-order valence-corrected chi connectivity index (χ1v) is 6.26. The van der Waals surface area contributed by atoms with Crippen molar-refractivity contribution in [3.8, 4) is 11.3 Å². The molecule has 0 atom stereocenters. The molecule has 0 saturated carbocycles. The highest BCUT2D eigenvalue weighted by molar-refractivity contribution is 5.64. The van der Waals surface area contributed by atoms with Crippen LogP contribution in [0.5, 0.6) is 0 Å². The summed E-state index contributed by atoms with van der Waals surface area (Å²) in [5, 5.41) is 10.4. The van der Waals surface area contributed by atoms with E-state index < -0.39 is 0 Å². The molecule has 0 unspecified atom stereocenters. The summed E-state index contributed by atoms with van der Waals surface area (Å²) >= 11 is 0. The highest BCUT2D eigenvalue weighted by Crippen LogP contribution is 2.20. The summed E-state index contributed by atoms with van der Waals surface area (Å²) in [6.45, 7) is 0.827. The molecule has 0 amide bonds. The number of aromatic amines is 1. The molecule has 0 aliphatic heterocycles. The number of anilines is 1. The third-order valence-corrected chi connectivity index (χ3v) is 3.06. The van der Waals surface area contributed by atoms with Crippen molar-refractivity contribution in [2.45, 2.75) is 6.54 Å². The molecule has 4 heteroatoms. The van der Waals surface area contributed by atoms with Crippen LogP contribution in [-0.4, -0.2) is 14.8 Å². The molecule has 0 aliphatic rings. The maximum absolute atomic E-state index is 3.98. The van der Waals surface area contributed by atoms with Gasteiger partial charge in [0.05, 0.1) is 5.69 Å². The van der Waals surface area contributed by atoms with E-state index in [2.05, 4.69) is 56.7 Å². The second-order valence-corrected chi connectivity index (χ2v) is 4.59. The fourth-order valence-electron chi connectivity index (χ4n) is 2.08. The molecule has 0 saturated heterocycles. The fraction of sp³-hybridized carbons (Fsp3) is 0.133. The van der Waals surface area contributed by atoms with E-state index in [-0.39, 0.29) is 0 Å². The highest BCUT2D eigenvalue weighted by Gasteiger charge is 2.00. The van der Waals surface area contributed by atoms with Gasteiger partial charge in [0.25, 0.3) is 0 Å². The molecular formula is C15H16N4. The average Bonchev–Trinajstić information content (AvgIpc) is 3.08. The Morgan fingerprint density at radius 3 is 2.95 bits per heavy atom. The summed E-state index contributed by atoms with van der Waals surface area (Å²) in [4.78, 5) is 0. The lowest BCUT2D eigenvalue weighted by Crippen LogP contribution is -1.98. The van der Waals surface area contributed by atoms with Gasteiger partial charge in [0.2, 0.25) is 0 Å². The molecule has 0 fully saturated rings. The summed E-state index contributed by atoms with van der Waals surface area (Å²) in [7, 11) is 2.03. The van der Waals surface area contributed by atoms with E-state index in [0.717, 1.165) is 23.5 Å². The first kappa shape index (κ1) is 11.6. The number of hydrogen-bond donors (Lipinski definition) is 2. The van der Waals surface area contributed by atoms with Crippen molar-refractivity contribution >= 4 is 5.69 Å². The Hall–Kier alpha value is -2.49. The van der Waals surface area contributed by atoms with Gasteiger partial charge >= 0.3 is 0 Å². The predicted octanol–water partition coefficient (Wildman–Crippen LogP) is 3.03. The monoisotopic (exact) mass is 252 g/mol. The lowest BCUT2D eigenvalue weighted by atomic mass is 10.1. The number of nitrogens with one attached hydrogen (secondary N) is 2. The Morgan fingerprint density at radius 1 is 1.26 bits per heavy atom. The molecule has 0 spiro atoms. The zero-order valence-electron chi connectivity index (χ0n) is 10.8.